The number of nitrogens with zero attached hydrogens (tertiary/aromatic N) is 1. The molecular formula is C11H16N2O4. The van der Waals surface area contributed by atoms with Gasteiger partial charge in [0.15, 0.2) is 0 Å². The second-order valence-electron chi connectivity index (χ2n) is 3.36. The van der Waals surface area contributed by atoms with Gasteiger partial charge in [0.25, 0.3) is 5.91 Å². The number of carbonyl (C=O) groups excluding carboxylic acids is 1. The molecule has 0 fully saturated rings. The Morgan fingerprint density at radius 2 is 2.24 bits per heavy atom. The number of ether oxygens (including phenoxy) is 1. The Morgan fingerprint density at radius 1 is 1.47 bits per heavy atom. The molecular weight excluding hydrogens is 224 g/mol. The Labute approximate surface area is 99.3 Å². The van der Waals surface area contributed by atoms with E-state index in [0.717, 1.165) is 0 Å². The summed E-state index contributed by atoms with van der Waals surface area (Å²) in [7, 11) is 0. The van der Waals surface area contributed by atoms with Crippen molar-refractivity contribution in [2.45, 2.75) is 6.10 Å². The van der Waals surface area contributed by atoms with Gasteiger partial charge in [0.05, 0.1) is 25.4 Å². The third kappa shape index (κ3) is 4.90. The van der Waals surface area contributed by atoms with Gasteiger partial charge in [-0.3, -0.25) is 9.78 Å². The zero-order valence-corrected chi connectivity index (χ0v) is 9.37. The fourth-order valence-electron chi connectivity index (χ4n) is 1.15. The summed E-state index contributed by atoms with van der Waals surface area (Å²) in [6, 6.07) is 3.34. The molecule has 6 heteroatoms. The van der Waals surface area contributed by atoms with Crippen molar-refractivity contribution in [2.75, 3.05) is 26.4 Å². The Kier molecular flexibility index (Phi) is 6.16. The highest BCUT2D eigenvalue weighted by Crippen LogP contribution is 1.94. The molecule has 1 rings (SSSR count). The number of aliphatic hydroxyl groups excluding tert-OH is 2. The number of nitrogens with one attached hydrogen (secondary N) is 1. The van der Waals surface area contributed by atoms with Crippen LogP contribution in [-0.2, 0) is 4.74 Å². The maximum atomic E-state index is 11.5. The third-order valence-electron chi connectivity index (χ3n) is 2.07. The van der Waals surface area contributed by atoms with Crippen LogP contribution in [0.5, 0.6) is 0 Å². The minimum atomic E-state index is -0.592. The van der Waals surface area contributed by atoms with Gasteiger partial charge in [-0.25, -0.2) is 0 Å². The summed E-state index contributed by atoms with van der Waals surface area (Å²) >= 11 is 0. The van der Waals surface area contributed by atoms with E-state index >= 15 is 0 Å². The molecule has 1 heterocycles. The fourth-order valence-corrected chi connectivity index (χ4v) is 1.15. The van der Waals surface area contributed by atoms with E-state index in [9.17, 15) is 4.79 Å². The Morgan fingerprint density at radius 3 is 2.82 bits per heavy atom. The van der Waals surface area contributed by atoms with Gasteiger partial charge in [0, 0.05) is 18.9 Å². The van der Waals surface area contributed by atoms with Crippen molar-refractivity contribution in [3.63, 3.8) is 0 Å². The zero-order valence-electron chi connectivity index (χ0n) is 9.37. The molecule has 0 aliphatic heterocycles. The first-order valence-corrected chi connectivity index (χ1v) is 5.29. The topological polar surface area (TPSA) is 91.7 Å². The molecule has 6 nitrogen and oxygen atoms in total. The Bertz CT molecular complexity index is 328. The smallest absolute Gasteiger partial charge is 0.252 e. The number of hydrogen-bond acceptors (Lipinski definition) is 5. The van der Waals surface area contributed by atoms with Crippen LogP contribution in [0, 0.1) is 0 Å². The van der Waals surface area contributed by atoms with Gasteiger partial charge < -0.3 is 20.3 Å². The lowest BCUT2D eigenvalue weighted by molar-refractivity contribution is -0.0177. The van der Waals surface area contributed by atoms with Gasteiger partial charge in [-0.05, 0) is 12.1 Å². The van der Waals surface area contributed by atoms with E-state index in [1.165, 1.54) is 6.20 Å². The van der Waals surface area contributed by atoms with Crippen LogP contribution in [0.2, 0.25) is 0 Å². The molecule has 0 radical (unpaired) electrons. The van der Waals surface area contributed by atoms with Crippen molar-refractivity contribution in [3.05, 3.63) is 30.1 Å². The molecule has 0 spiro atoms. The largest absolute Gasteiger partial charge is 0.394 e. The lowest BCUT2D eigenvalue weighted by Gasteiger charge is -2.12. The van der Waals surface area contributed by atoms with Gasteiger partial charge in [-0.2, -0.15) is 0 Å². The third-order valence-corrected chi connectivity index (χ3v) is 2.07. The van der Waals surface area contributed by atoms with Crippen molar-refractivity contribution in [1.82, 2.24) is 10.3 Å². The molecule has 0 atom stereocenters. The van der Waals surface area contributed by atoms with Crippen molar-refractivity contribution in [1.29, 1.82) is 0 Å². The molecule has 1 aromatic heterocycles. The molecule has 0 aliphatic rings. The first-order valence-electron chi connectivity index (χ1n) is 5.29. The summed E-state index contributed by atoms with van der Waals surface area (Å²) in [5, 5.41) is 20.1. The quantitative estimate of drug-likeness (QED) is 0.542. The highest BCUT2D eigenvalue weighted by Gasteiger charge is 2.06. The van der Waals surface area contributed by atoms with E-state index in [-0.39, 0.29) is 25.7 Å². The van der Waals surface area contributed by atoms with E-state index in [0.29, 0.717) is 12.1 Å². The van der Waals surface area contributed by atoms with E-state index < -0.39 is 6.10 Å². The summed E-state index contributed by atoms with van der Waals surface area (Å²) < 4.78 is 5.10. The molecule has 0 aromatic carbocycles. The molecule has 1 amide bonds. The van der Waals surface area contributed by atoms with Gasteiger partial charge in [-0.1, -0.05) is 0 Å². The van der Waals surface area contributed by atoms with E-state index in [1.807, 2.05) is 0 Å². The van der Waals surface area contributed by atoms with Crippen LogP contribution in [0.3, 0.4) is 0 Å². The molecule has 0 aliphatic carbocycles. The lowest BCUT2D eigenvalue weighted by Crippen LogP contribution is -2.30. The first kappa shape index (κ1) is 13.6. The molecule has 0 bridgehead atoms. The van der Waals surface area contributed by atoms with E-state index in [2.05, 4.69) is 10.3 Å². The van der Waals surface area contributed by atoms with Crippen molar-refractivity contribution in [3.8, 4) is 0 Å². The second-order valence-corrected chi connectivity index (χ2v) is 3.36. The monoisotopic (exact) mass is 240 g/mol. The SMILES string of the molecule is O=C(NCCOC(CO)CO)c1cccnc1. The van der Waals surface area contributed by atoms with E-state index in [4.69, 9.17) is 14.9 Å². The minimum Gasteiger partial charge on any atom is -0.394 e. The van der Waals surface area contributed by atoms with Crippen LogP contribution in [0.25, 0.3) is 0 Å². The summed E-state index contributed by atoms with van der Waals surface area (Å²) in [5.74, 6) is -0.230. The molecule has 1 aromatic rings. The molecule has 17 heavy (non-hydrogen) atoms. The number of carbonyl (C=O) groups is 1. The zero-order chi connectivity index (χ0) is 12.5. The maximum absolute atomic E-state index is 11.5. The maximum Gasteiger partial charge on any atom is 0.252 e. The van der Waals surface area contributed by atoms with Crippen LogP contribution in [0.1, 0.15) is 10.4 Å². The Balaban J connectivity index is 2.21. The molecule has 94 valence electrons. The predicted molar refractivity (Wildman–Crippen MR) is 60.5 cm³/mol. The van der Waals surface area contributed by atoms with Gasteiger partial charge in [0.2, 0.25) is 0 Å². The van der Waals surface area contributed by atoms with Crippen LogP contribution in [0.4, 0.5) is 0 Å². The van der Waals surface area contributed by atoms with Crippen LogP contribution >= 0.6 is 0 Å². The first-order chi connectivity index (χ1) is 8.27. The van der Waals surface area contributed by atoms with Gasteiger partial charge >= 0.3 is 0 Å². The summed E-state index contributed by atoms with van der Waals surface area (Å²) in [6.07, 6.45) is 2.47. The van der Waals surface area contributed by atoms with Crippen LogP contribution in [0.15, 0.2) is 24.5 Å². The fraction of sp³-hybridized carbons (Fsp3) is 0.455. The molecule has 3 N–H and O–H groups in total. The van der Waals surface area contributed by atoms with E-state index in [1.54, 1.807) is 18.3 Å². The normalized spacial score (nSPS) is 10.5. The van der Waals surface area contributed by atoms with Crippen molar-refractivity contribution >= 4 is 5.91 Å². The molecule has 0 saturated carbocycles. The molecule has 0 saturated heterocycles. The number of hydrogen-bond donors (Lipinski definition) is 3. The standard InChI is InChI=1S/C11H16N2O4/c14-7-10(8-15)17-5-4-13-11(16)9-2-1-3-12-6-9/h1-3,6,10,14-15H,4-5,7-8H2,(H,13,16). The predicted octanol–water partition coefficient (Wildman–Crippen LogP) is -0.819. The lowest BCUT2D eigenvalue weighted by atomic mass is 10.3. The number of rotatable bonds is 7. The van der Waals surface area contributed by atoms with Gasteiger partial charge in [0.1, 0.15) is 6.10 Å². The van der Waals surface area contributed by atoms with Crippen LogP contribution in [-0.4, -0.2) is 53.6 Å². The Hall–Kier alpha value is -1.50. The van der Waals surface area contributed by atoms with Crippen LogP contribution < -0.4 is 5.32 Å². The number of amides is 1. The average Bonchev–Trinajstić information content (AvgIpc) is 2.40. The summed E-state index contributed by atoms with van der Waals surface area (Å²) in [6.45, 7) is 0.0577. The highest BCUT2D eigenvalue weighted by molar-refractivity contribution is 5.93. The number of pyridine rings is 1. The van der Waals surface area contributed by atoms with Crippen molar-refractivity contribution < 1.29 is 19.7 Å². The highest BCUT2D eigenvalue weighted by atomic mass is 16.5. The average molecular weight is 240 g/mol. The number of aliphatic hydroxyl groups is 2. The summed E-state index contributed by atoms with van der Waals surface area (Å²) in [4.78, 5) is 15.4. The minimum absolute atomic E-state index is 0.230. The number of aromatic nitrogens is 1. The van der Waals surface area contributed by atoms with Crippen molar-refractivity contribution in [2.24, 2.45) is 0 Å². The summed E-state index contributed by atoms with van der Waals surface area (Å²) in [5.41, 5.74) is 0.480. The van der Waals surface area contributed by atoms with Gasteiger partial charge in [-0.15, -0.1) is 0 Å². The molecule has 0 unspecified atom stereocenters. The second kappa shape index (κ2) is 7.72.